The maximum atomic E-state index is 5.93. The molecule has 0 unspecified atom stereocenters. The van der Waals surface area contributed by atoms with Crippen molar-refractivity contribution in [1.82, 2.24) is 14.5 Å². The molecule has 0 bridgehead atoms. The van der Waals surface area contributed by atoms with Gasteiger partial charge in [-0.2, -0.15) is 11.8 Å². The third-order valence-electron chi connectivity index (χ3n) is 3.26. The fourth-order valence-corrected chi connectivity index (χ4v) is 2.64. The van der Waals surface area contributed by atoms with Crippen molar-refractivity contribution in [2.24, 2.45) is 0 Å². The zero-order valence-electron chi connectivity index (χ0n) is 11.2. The highest BCUT2D eigenvalue weighted by Gasteiger charge is 2.11. The summed E-state index contributed by atoms with van der Waals surface area (Å²) in [5.41, 5.74) is 10.1. The quantitative estimate of drug-likeness (QED) is 0.844. The third kappa shape index (κ3) is 2.46. The molecular weight excluding hydrogens is 244 g/mol. The van der Waals surface area contributed by atoms with E-state index in [1.807, 2.05) is 25.0 Å². The van der Waals surface area contributed by atoms with Gasteiger partial charge in [0.05, 0.1) is 11.8 Å². The van der Waals surface area contributed by atoms with Crippen molar-refractivity contribution in [3.05, 3.63) is 17.6 Å². The number of pyridine rings is 1. The molecule has 0 aliphatic carbocycles. The van der Waals surface area contributed by atoms with E-state index in [0.717, 1.165) is 23.3 Å². The minimum atomic E-state index is 0.538. The Morgan fingerprint density at radius 2 is 2.11 bits per heavy atom. The van der Waals surface area contributed by atoms with E-state index >= 15 is 0 Å². The lowest BCUT2D eigenvalue weighted by Crippen LogP contribution is -2.02. The SMILES string of the molecule is CSCCCCn1cnc2c(N)nc(C)c(C)c21. The summed E-state index contributed by atoms with van der Waals surface area (Å²) in [7, 11) is 0. The van der Waals surface area contributed by atoms with Crippen LogP contribution in [0.3, 0.4) is 0 Å². The van der Waals surface area contributed by atoms with E-state index in [-0.39, 0.29) is 0 Å². The summed E-state index contributed by atoms with van der Waals surface area (Å²) < 4.78 is 2.20. The first-order valence-corrected chi connectivity index (χ1v) is 7.61. The van der Waals surface area contributed by atoms with Gasteiger partial charge in [-0.25, -0.2) is 9.97 Å². The van der Waals surface area contributed by atoms with Crippen LogP contribution in [0.2, 0.25) is 0 Å². The van der Waals surface area contributed by atoms with Crippen molar-refractivity contribution in [2.75, 3.05) is 17.7 Å². The van der Waals surface area contributed by atoms with E-state index in [0.29, 0.717) is 5.82 Å². The van der Waals surface area contributed by atoms with E-state index < -0.39 is 0 Å². The van der Waals surface area contributed by atoms with Crippen molar-refractivity contribution in [3.63, 3.8) is 0 Å². The minimum Gasteiger partial charge on any atom is -0.382 e. The molecule has 0 aliphatic heterocycles. The molecule has 2 heterocycles. The van der Waals surface area contributed by atoms with Gasteiger partial charge in [0, 0.05) is 12.2 Å². The molecule has 0 saturated carbocycles. The maximum absolute atomic E-state index is 5.93. The smallest absolute Gasteiger partial charge is 0.151 e. The molecule has 2 aromatic rings. The number of fused-ring (bicyclic) bond motifs is 1. The van der Waals surface area contributed by atoms with E-state index in [9.17, 15) is 0 Å². The molecule has 2 rings (SSSR count). The van der Waals surface area contributed by atoms with Gasteiger partial charge in [0.2, 0.25) is 0 Å². The summed E-state index contributed by atoms with van der Waals surface area (Å²) in [5.74, 6) is 1.75. The number of thioether (sulfide) groups is 1. The zero-order chi connectivity index (χ0) is 13.1. The number of nitrogen functional groups attached to an aromatic ring is 1. The Morgan fingerprint density at radius 1 is 1.33 bits per heavy atom. The average molecular weight is 264 g/mol. The van der Waals surface area contributed by atoms with Crippen LogP contribution >= 0.6 is 11.8 Å². The van der Waals surface area contributed by atoms with E-state index in [2.05, 4.69) is 27.7 Å². The van der Waals surface area contributed by atoms with Crippen LogP contribution in [0.4, 0.5) is 5.82 Å². The number of anilines is 1. The van der Waals surface area contributed by atoms with Gasteiger partial charge in [-0.05, 0) is 44.3 Å². The van der Waals surface area contributed by atoms with Gasteiger partial charge >= 0.3 is 0 Å². The topological polar surface area (TPSA) is 56.7 Å². The first-order valence-electron chi connectivity index (χ1n) is 6.21. The van der Waals surface area contributed by atoms with Crippen LogP contribution in [0.25, 0.3) is 11.0 Å². The second-order valence-corrected chi connectivity index (χ2v) is 5.53. The number of hydrogen-bond donors (Lipinski definition) is 1. The van der Waals surface area contributed by atoms with Crippen LogP contribution in [0.5, 0.6) is 0 Å². The van der Waals surface area contributed by atoms with Crippen LogP contribution in [-0.2, 0) is 6.54 Å². The molecule has 0 radical (unpaired) electrons. The molecule has 2 aromatic heterocycles. The van der Waals surface area contributed by atoms with E-state index in [1.54, 1.807) is 0 Å². The van der Waals surface area contributed by atoms with Crippen LogP contribution in [-0.4, -0.2) is 26.5 Å². The Hall–Kier alpha value is -1.23. The van der Waals surface area contributed by atoms with Crippen molar-refractivity contribution in [1.29, 1.82) is 0 Å². The summed E-state index contributed by atoms with van der Waals surface area (Å²) in [5, 5.41) is 0. The highest BCUT2D eigenvalue weighted by molar-refractivity contribution is 7.98. The zero-order valence-corrected chi connectivity index (χ0v) is 12.0. The van der Waals surface area contributed by atoms with Crippen molar-refractivity contribution < 1.29 is 0 Å². The molecule has 4 nitrogen and oxygen atoms in total. The Morgan fingerprint density at radius 3 is 2.83 bits per heavy atom. The highest BCUT2D eigenvalue weighted by Crippen LogP contribution is 2.24. The van der Waals surface area contributed by atoms with E-state index in [4.69, 9.17) is 5.73 Å². The van der Waals surface area contributed by atoms with Crippen LogP contribution < -0.4 is 5.73 Å². The molecule has 0 spiro atoms. The number of rotatable bonds is 5. The second-order valence-electron chi connectivity index (χ2n) is 4.54. The molecule has 18 heavy (non-hydrogen) atoms. The fourth-order valence-electron chi connectivity index (χ4n) is 2.15. The molecule has 0 fully saturated rings. The molecule has 0 aromatic carbocycles. The summed E-state index contributed by atoms with van der Waals surface area (Å²) in [4.78, 5) is 8.71. The monoisotopic (exact) mass is 264 g/mol. The van der Waals surface area contributed by atoms with Crippen LogP contribution in [0.15, 0.2) is 6.33 Å². The third-order valence-corrected chi connectivity index (χ3v) is 3.96. The maximum Gasteiger partial charge on any atom is 0.151 e. The molecule has 5 heteroatoms. The summed E-state index contributed by atoms with van der Waals surface area (Å²) >= 11 is 1.90. The largest absolute Gasteiger partial charge is 0.382 e. The van der Waals surface area contributed by atoms with Gasteiger partial charge in [-0.3, -0.25) is 0 Å². The molecule has 0 amide bonds. The first-order chi connectivity index (χ1) is 8.65. The van der Waals surface area contributed by atoms with Gasteiger partial charge in [0.15, 0.2) is 5.82 Å². The Labute approximate surface area is 112 Å². The minimum absolute atomic E-state index is 0.538. The standard InChI is InChI=1S/C13H20N4S/c1-9-10(2)16-13(14)11-12(9)17(8-15-11)6-4-5-7-18-3/h8H,4-7H2,1-3H3,(H2,14,16). The molecule has 98 valence electrons. The molecule has 0 atom stereocenters. The van der Waals surface area contributed by atoms with E-state index in [1.165, 1.54) is 24.2 Å². The van der Waals surface area contributed by atoms with Crippen molar-refractivity contribution >= 4 is 28.6 Å². The number of aromatic nitrogens is 3. The lowest BCUT2D eigenvalue weighted by atomic mass is 10.2. The van der Waals surface area contributed by atoms with Gasteiger partial charge in [-0.1, -0.05) is 0 Å². The average Bonchev–Trinajstić information content (AvgIpc) is 2.76. The first kappa shape index (κ1) is 13.2. The molecular formula is C13H20N4S. The fraction of sp³-hybridized carbons (Fsp3) is 0.538. The van der Waals surface area contributed by atoms with Crippen LogP contribution in [0, 0.1) is 13.8 Å². The van der Waals surface area contributed by atoms with Gasteiger partial charge < -0.3 is 10.3 Å². The Bertz CT molecular complexity index is 547. The second kappa shape index (κ2) is 5.61. The molecule has 0 saturated heterocycles. The normalized spacial score (nSPS) is 11.3. The van der Waals surface area contributed by atoms with Crippen molar-refractivity contribution in [3.8, 4) is 0 Å². The van der Waals surface area contributed by atoms with Crippen molar-refractivity contribution in [2.45, 2.75) is 33.2 Å². The summed E-state index contributed by atoms with van der Waals surface area (Å²) in [6, 6.07) is 0. The predicted molar refractivity (Wildman–Crippen MR) is 79.0 cm³/mol. The van der Waals surface area contributed by atoms with Gasteiger partial charge in [-0.15, -0.1) is 0 Å². The molecule has 2 N–H and O–H groups in total. The number of imidazole rings is 1. The Balaban J connectivity index is 2.29. The number of nitrogens with two attached hydrogens (primary N) is 1. The lowest BCUT2D eigenvalue weighted by molar-refractivity contribution is 0.648. The van der Waals surface area contributed by atoms with Crippen LogP contribution in [0.1, 0.15) is 24.1 Å². The molecule has 0 aliphatic rings. The van der Waals surface area contributed by atoms with Gasteiger partial charge in [0.1, 0.15) is 5.52 Å². The number of aryl methyl sites for hydroxylation is 3. The van der Waals surface area contributed by atoms with Gasteiger partial charge in [0.25, 0.3) is 0 Å². The predicted octanol–water partition coefficient (Wildman–Crippen LogP) is 2.77. The highest BCUT2D eigenvalue weighted by atomic mass is 32.2. The Kier molecular flexibility index (Phi) is 4.11. The lowest BCUT2D eigenvalue weighted by Gasteiger charge is -2.08. The number of unbranched alkanes of at least 4 members (excludes halogenated alkanes) is 1. The number of nitrogens with zero attached hydrogens (tertiary/aromatic N) is 3. The number of hydrogen-bond acceptors (Lipinski definition) is 4. The summed E-state index contributed by atoms with van der Waals surface area (Å²) in [6.45, 7) is 5.08. The summed E-state index contributed by atoms with van der Waals surface area (Å²) in [6.07, 6.45) is 6.44.